The Balaban J connectivity index is 1.82. The molecule has 7 heteroatoms. The monoisotopic (exact) mass is 275 g/mol. The lowest BCUT2D eigenvalue weighted by molar-refractivity contribution is -0.383. The minimum atomic E-state index is -0.386. The Morgan fingerprint density at radius 2 is 2.10 bits per heavy atom. The van der Waals surface area contributed by atoms with Crippen molar-refractivity contribution in [3.05, 3.63) is 34.1 Å². The van der Waals surface area contributed by atoms with E-state index in [1.165, 1.54) is 6.07 Å². The second-order valence-electron chi connectivity index (χ2n) is 5.19. The number of benzene rings is 1. The number of para-hydroxylation sites is 1. The number of hydrogen-bond donors (Lipinski definition) is 1. The lowest BCUT2D eigenvalue weighted by atomic mass is 10.3. The van der Waals surface area contributed by atoms with E-state index in [0.29, 0.717) is 12.1 Å². The number of hydrogen-bond acceptors (Lipinski definition) is 5. The molecule has 2 aromatic rings. The summed E-state index contributed by atoms with van der Waals surface area (Å²) in [5, 5.41) is 11.0. The number of rotatable bonds is 3. The van der Waals surface area contributed by atoms with E-state index in [0.717, 1.165) is 37.5 Å². The molecule has 3 rings (SSSR count). The molecular formula is C13H17N5O2. The largest absolute Gasteiger partial charge is 0.341 e. The first kappa shape index (κ1) is 13.0. The van der Waals surface area contributed by atoms with Crippen molar-refractivity contribution in [2.45, 2.75) is 6.54 Å². The Morgan fingerprint density at radius 1 is 1.35 bits per heavy atom. The van der Waals surface area contributed by atoms with Gasteiger partial charge >= 0.3 is 0 Å². The van der Waals surface area contributed by atoms with Crippen LogP contribution in [-0.4, -0.2) is 57.9 Å². The number of aromatic amines is 1. The molecule has 1 saturated heterocycles. The summed E-state index contributed by atoms with van der Waals surface area (Å²) in [6.07, 6.45) is 0. The Kier molecular flexibility index (Phi) is 3.37. The maximum atomic E-state index is 11.0. The maximum Gasteiger partial charge on any atom is 0.297 e. The molecule has 1 fully saturated rings. The molecule has 2 heterocycles. The lowest BCUT2D eigenvalue weighted by Crippen LogP contribution is -2.44. The summed E-state index contributed by atoms with van der Waals surface area (Å²) >= 11 is 0. The molecule has 0 atom stereocenters. The number of nitrogens with zero attached hydrogens (tertiary/aromatic N) is 4. The average molecular weight is 275 g/mol. The molecule has 0 spiro atoms. The molecule has 0 unspecified atom stereocenters. The highest BCUT2D eigenvalue weighted by Gasteiger charge is 2.18. The Bertz CT molecular complexity index is 631. The third-order valence-corrected chi connectivity index (χ3v) is 3.71. The molecule has 0 amide bonds. The van der Waals surface area contributed by atoms with Gasteiger partial charge in [0.1, 0.15) is 5.82 Å². The minimum absolute atomic E-state index is 0.0587. The van der Waals surface area contributed by atoms with Crippen LogP contribution < -0.4 is 0 Å². The molecule has 0 radical (unpaired) electrons. The predicted octanol–water partition coefficient (Wildman–Crippen LogP) is 1.22. The highest BCUT2D eigenvalue weighted by molar-refractivity contribution is 5.84. The van der Waals surface area contributed by atoms with Gasteiger partial charge < -0.3 is 9.88 Å². The Hall–Kier alpha value is -1.99. The molecule has 1 aromatic heterocycles. The highest BCUT2D eigenvalue weighted by atomic mass is 16.6. The molecule has 7 nitrogen and oxygen atoms in total. The topological polar surface area (TPSA) is 78.3 Å². The first-order valence-electron chi connectivity index (χ1n) is 6.66. The lowest BCUT2D eigenvalue weighted by Gasteiger charge is -2.31. The van der Waals surface area contributed by atoms with Crippen molar-refractivity contribution in [3.8, 4) is 0 Å². The molecular weight excluding hydrogens is 258 g/mol. The summed E-state index contributed by atoms with van der Waals surface area (Å²) in [5.74, 6) is 0.791. The number of piperazine rings is 1. The van der Waals surface area contributed by atoms with Crippen molar-refractivity contribution in [2.24, 2.45) is 0 Å². The number of fused-ring (bicyclic) bond motifs is 1. The number of H-pyrrole nitrogens is 1. The molecule has 1 N–H and O–H groups in total. The van der Waals surface area contributed by atoms with E-state index in [1.54, 1.807) is 6.07 Å². The summed E-state index contributed by atoms with van der Waals surface area (Å²) in [4.78, 5) is 22.8. The normalized spacial score (nSPS) is 17.6. The van der Waals surface area contributed by atoms with Gasteiger partial charge in [0, 0.05) is 32.2 Å². The third kappa shape index (κ3) is 2.50. The van der Waals surface area contributed by atoms with Gasteiger partial charge in [0.2, 0.25) is 0 Å². The van der Waals surface area contributed by atoms with E-state index in [9.17, 15) is 10.1 Å². The van der Waals surface area contributed by atoms with Gasteiger partial charge in [0.25, 0.3) is 5.69 Å². The fraction of sp³-hybridized carbons (Fsp3) is 0.462. The number of imidazole rings is 1. The number of nitro benzene ring substituents is 1. The zero-order valence-corrected chi connectivity index (χ0v) is 11.4. The van der Waals surface area contributed by atoms with Gasteiger partial charge in [-0.05, 0) is 13.1 Å². The standard InChI is InChI=1S/C13H17N5O2/c1-16-5-7-17(8-6-16)9-12-14-10-3-2-4-11(18(19)20)13(10)15-12/h2-4H,5-9H2,1H3,(H,14,15). The highest BCUT2D eigenvalue weighted by Crippen LogP contribution is 2.23. The van der Waals surface area contributed by atoms with Crippen LogP contribution in [0.2, 0.25) is 0 Å². The molecule has 0 bridgehead atoms. The van der Waals surface area contributed by atoms with Gasteiger partial charge in [-0.15, -0.1) is 0 Å². The number of likely N-dealkylation sites (N-methyl/N-ethyl adjacent to an activating group) is 1. The van der Waals surface area contributed by atoms with Crippen LogP contribution in [0.3, 0.4) is 0 Å². The second kappa shape index (κ2) is 5.18. The zero-order chi connectivity index (χ0) is 14.1. The van der Waals surface area contributed by atoms with E-state index in [-0.39, 0.29) is 10.6 Å². The zero-order valence-electron chi connectivity index (χ0n) is 11.4. The Morgan fingerprint density at radius 3 is 2.80 bits per heavy atom. The number of nitro groups is 1. The Labute approximate surface area is 116 Å². The van der Waals surface area contributed by atoms with Gasteiger partial charge in [-0.3, -0.25) is 15.0 Å². The van der Waals surface area contributed by atoms with Crippen LogP contribution in [0.4, 0.5) is 5.69 Å². The predicted molar refractivity (Wildman–Crippen MR) is 75.5 cm³/mol. The van der Waals surface area contributed by atoms with Crippen molar-refractivity contribution in [1.29, 1.82) is 0 Å². The molecule has 1 aromatic carbocycles. The first-order chi connectivity index (χ1) is 9.63. The van der Waals surface area contributed by atoms with Gasteiger partial charge in [-0.25, -0.2) is 4.98 Å². The van der Waals surface area contributed by atoms with Crippen molar-refractivity contribution < 1.29 is 4.92 Å². The number of aromatic nitrogens is 2. The SMILES string of the molecule is CN1CCN(Cc2nc3c([N+](=O)[O-])cccc3[nH]2)CC1. The van der Waals surface area contributed by atoms with E-state index < -0.39 is 0 Å². The fourth-order valence-electron chi connectivity index (χ4n) is 2.51. The van der Waals surface area contributed by atoms with Crippen LogP contribution in [-0.2, 0) is 6.54 Å². The summed E-state index contributed by atoms with van der Waals surface area (Å²) in [6, 6.07) is 4.99. The maximum absolute atomic E-state index is 11.0. The third-order valence-electron chi connectivity index (χ3n) is 3.71. The molecule has 0 saturated carbocycles. The number of nitrogens with one attached hydrogen (secondary N) is 1. The van der Waals surface area contributed by atoms with Crippen LogP contribution in [0, 0.1) is 10.1 Å². The van der Waals surface area contributed by atoms with Crippen molar-refractivity contribution in [3.63, 3.8) is 0 Å². The van der Waals surface area contributed by atoms with Crippen LogP contribution in [0.1, 0.15) is 5.82 Å². The van der Waals surface area contributed by atoms with E-state index >= 15 is 0 Å². The van der Waals surface area contributed by atoms with E-state index in [1.807, 2.05) is 6.07 Å². The average Bonchev–Trinajstić information content (AvgIpc) is 2.83. The van der Waals surface area contributed by atoms with E-state index in [2.05, 4.69) is 26.8 Å². The van der Waals surface area contributed by atoms with Gasteiger partial charge in [0.05, 0.1) is 17.0 Å². The molecule has 1 aliphatic heterocycles. The number of non-ortho nitro benzene ring substituents is 1. The summed E-state index contributed by atoms with van der Waals surface area (Å²) < 4.78 is 0. The van der Waals surface area contributed by atoms with Crippen molar-refractivity contribution in [2.75, 3.05) is 33.2 Å². The smallest absolute Gasteiger partial charge is 0.297 e. The summed E-state index contributed by atoms with van der Waals surface area (Å²) in [6.45, 7) is 4.78. The van der Waals surface area contributed by atoms with Gasteiger partial charge in [-0.1, -0.05) is 6.07 Å². The first-order valence-corrected chi connectivity index (χ1v) is 6.66. The quantitative estimate of drug-likeness (QED) is 0.673. The van der Waals surface area contributed by atoms with Crippen LogP contribution in [0.15, 0.2) is 18.2 Å². The molecule has 1 aliphatic rings. The van der Waals surface area contributed by atoms with Crippen LogP contribution in [0.5, 0.6) is 0 Å². The molecule has 0 aliphatic carbocycles. The fourth-order valence-corrected chi connectivity index (χ4v) is 2.51. The second-order valence-corrected chi connectivity index (χ2v) is 5.19. The summed E-state index contributed by atoms with van der Waals surface area (Å²) in [5.41, 5.74) is 1.23. The van der Waals surface area contributed by atoms with Crippen molar-refractivity contribution >= 4 is 16.7 Å². The van der Waals surface area contributed by atoms with Crippen LogP contribution >= 0.6 is 0 Å². The summed E-state index contributed by atoms with van der Waals surface area (Å²) in [7, 11) is 2.11. The van der Waals surface area contributed by atoms with Crippen molar-refractivity contribution in [1.82, 2.24) is 19.8 Å². The molecule has 20 heavy (non-hydrogen) atoms. The molecule has 106 valence electrons. The van der Waals surface area contributed by atoms with Gasteiger partial charge in [-0.2, -0.15) is 0 Å². The van der Waals surface area contributed by atoms with Gasteiger partial charge in [0.15, 0.2) is 5.52 Å². The van der Waals surface area contributed by atoms with E-state index in [4.69, 9.17) is 0 Å². The van der Waals surface area contributed by atoms with Crippen LogP contribution in [0.25, 0.3) is 11.0 Å². The minimum Gasteiger partial charge on any atom is -0.341 e.